The molecule has 0 saturated heterocycles. The van der Waals surface area contributed by atoms with Gasteiger partial charge in [-0.3, -0.25) is 0 Å². The molecule has 2 aromatic rings. The number of halogens is 2. The highest BCUT2D eigenvalue weighted by Crippen LogP contribution is 2.21. The van der Waals surface area contributed by atoms with Crippen molar-refractivity contribution in [3.8, 4) is 5.69 Å². The number of aromatic carboxylic acids is 1. The zero-order valence-corrected chi connectivity index (χ0v) is 9.61. The average molecular weight is 253 g/mol. The third-order valence-electron chi connectivity index (χ3n) is 2.57. The topological polar surface area (TPSA) is 68.0 Å². The molecule has 7 heteroatoms. The van der Waals surface area contributed by atoms with E-state index in [1.807, 2.05) is 0 Å². The van der Waals surface area contributed by atoms with Crippen LogP contribution in [0, 0.1) is 25.5 Å². The second-order valence-corrected chi connectivity index (χ2v) is 3.77. The Morgan fingerprint density at radius 1 is 1.33 bits per heavy atom. The molecular weight excluding hydrogens is 244 g/mol. The smallest absolute Gasteiger partial charge is 0.358 e. The van der Waals surface area contributed by atoms with Gasteiger partial charge in [-0.05, 0) is 25.5 Å². The first kappa shape index (κ1) is 12.2. The molecule has 0 bridgehead atoms. The van der Waals surface area contributed by atoms with Crippen LogP contribution in [-0.2, 0) is 0 Å². The van der Waals surface area contributed by atoms with Crippen LogP contribution >= 0.6 is 0 Å². The van der Waals surface area contributed by atoms with Gasteiger partial charge in [-0.2, -0.15) is 0 Å². The minimum atomic E-state index is -1.30. The lowest BCUT2D eigenvalue weighted by Crippen LogP contribution is -2.07. The number of rotatable bonds is 2. The number of aromatic nitrogens is 3. The summed E-state index contributed by atoms with van der Waals surface area (Å²) < 4.78 is 28.3. The second-order valence-electron chi connectivity index (χ2n) is 3.77. The maximum Gasteiger partial charge on any atom is 0.358 e. The summed E-state index contributed by atoms with van der Waals surface area (Å²) in [6, 6.07) is 2.38. The van der Waals surface area contributed by atoms with E-state index in [4.69, 9.17) is 5.11 Å². The van der Waals surface area contributed by atoms with E-state index < -0.39 is 23.3 Å². The van der Waals surface area contributed by atoms with E-state index in [-0.39, 0.29) is 17.0 Å². The molecule has 18 heavy (non-hydrogen) atoms. The Balaban J connectivity index is 2.70. The first-order valence-electron chi connectivity index (χ1n) is 5.04. The Bertz CT molecular complexity index is 637. The number of hydrogen-bond acceptors (Lipinski definition) is 3. The highest BCUT2D eigenvalue weighted by atomic mass is 19.1. The van der Waals surface area contributed by atoms with Gasteiger partial charge < -0.3 is 5.11 Å². The molecule has 1 aromatic carbocycles. The van der Waals surface area contributed by atoms with Crippen molar-refractivity contribution in [1.82, 2.24) is 15.0 Å². The molecule has 0 amide bonds. The maximum absolute atomic E-state index is 13.9. The number of nitrogens with zero attached hydrogens (tertiary/aromatic N) is 3. The van der Waals surface area contributed by atoms with Crippen molar-refractivity contribution in [3.63, 3.8) is 0 Å². The van der Waals surface area contributed by atoms with E-state index in [1.165, 1.54) is 19.9 Å². The van der Waals surface area contributed by atoms with Crippen LogP contribution < -0.4 is 0 Å². The zero-order chi connectivity index (χ0) is 13.4. The van der Waals surface area contributed by atoms with Crippen molar-refractivity contribution in [2.45, 2.75) is 13.8 Å². The van der Waals surface area contributed by atoms with Gasteiger partial charge in [-0.15, -0.1) is 5.10 Å². The fraction of sp³-hybridized carbons (Fsp3) is 0.182. The summed E-state index contributed by atoms with van der Waals surface area (Å²) in [6.07, 6.45) is 0. The van der Waals surface area contributed by atoms with Crippen LogP contribution in [0.5, 0.6) is 0 Å². The van der Waals surface area contributed by atoms with Crippen LogP contribution in [0.4, 0.5) is 8.78 Å². The summed E-state index contributed by atoms with van der Waals surface area (Å²) in [7, 11) is 0. The Kier molecular flexibility index (Phi) is 2.82. The van der Waals surface area contributed by atoms with Gasteiger partial charge in [0.25, 0.3) is 0 Å². The number of hydrogen-bond donors (Lipinski definition) is 1. The molecule has 0 aliphatic carbocycles. The molecule has 0 radical (unpaired) electrons. The molecule has 5 nitrogen and oxygen atoms in total. The van der Waals surface area contributed by atoms with Gasteiger partial charge in [0.15, 0.2) is 17.3 Å². The summed E-state index contributed by atoms with van der Waals surface area (Å²) >= 11 is 0. The normalized spacial score (nSPS) is 10.7. The lowest BCUT2D eigenvalue weighted by atomic mass is 10.2. The minimum absolute atomic E-state index is 0.0610. The van der Waals surface area contributed by atoms with Gasteiger partial charge in [0.05, 0.1) is 5.69 Å². The minimum Gasteiger partial charge on any atom is -0.476 e. The molecule has 94 valence electrons. The van der Waals surface area contributed by atoms with E-state index in [0.29, 0.717) is 0 Å². The number of carboxylic acids is 1. The van der Waals surface area contributed by atoms with E-state index in [0.717, 1.165) is 10.7 Å². The number of carbonyl (C=O) groups is 1. The molecule has 0 unspecified atom stereocenters. The lowest BCUT2D eigenvalue weighted by Gasteiger charge is -2.08. The molecule has 0 spiro atoms. The summed E-state index contributed by atoms with van der Waals surface area (Å²) in [5.41, 5.74) is -0.466. The molecule has 1 aromatic heterocycles. The zero-order valence-electron chi connectivity index (χ0n) is 9.61. The maximum atomic E-state index is 13.9. The van der Waals surface area contributed by atoms with E-state index >= 15 is 0 Å². The Labute approximate surface area is 101 Å². The molecule has 2 rings (SSSR count). The Hall–Kier alpha value is -2.31. The molecule has 0 aliphatic heterocycles. The summed E-state index contributed by atoms with van der Waals surface area (Å²) in [5, 5.41) is 15.7. The third-order valence-corrected chi connectivity index (χ3v) is 2.57. The van der Waals surface area contributed by atoms with Crippen molar-refractivity contribution >= 4 is 5.97 Å². The summed E-state index contributed by atoms with van der Waals surface area (Å²) in [6.45, 7) is 2.85. The van der Waals surface area contributed by atoms with Gasteiger partial charge in [-0.1, -0.05) is 11.3 Å². The van der Waals surface area contributed by atoms with Gasteiger partial charge in [0.2, 0.25) is 0 Å². The quantitative estimate of drug-likeness (QED) is 0.887. The molecule has 1 N–H and O–H groups in total. The summed E-state index contributed by atoms with van der Waals surface area (Å²) in [4.78, 5) is 10.8. The van der Waals surface area contributed by atoms with Crippen molar-refractivity contribution in [3.05, 3.63) is 40.7 Å². The van der Waals surface area contributed by atoms with E-state index in [9.17, 15) is 13.6 Å². The number of carboxylic acid groups (broad SMARTS) is 1. The van der Waals surface area contributed by atoms with Crippen molar-refractivity contribution in [2.75, 3.05) is 0 Å². The largest absolute Gasteiger partial charge is 0.476 e. The first-order chi connectivity index (χ1) is 8.43. The van der Waals surface area contributed by atoms with Gasteiger partial charge in [-0.25, -0.2) is 18.3 Å². The highest BCUT2D eigenvalue weighted by molar-refractivity contribution is 5.86. The third kappa shape index (κ3) is 1.73. The van der Waals surface area contributed by atoms with Crippen LogP contribution in [0.15, 0.2) is 12.1 Å². The number of aryl methyl sites for hydroxylation is 1. The van der Waals surface area contributed by atoms with Gasteiger partial charge in [0.1, 0.15) is 5.69 Å². The van der Waals surface area contributed by atoms with Gasteiger partial charge >= 0.3 is 5.97 Å². The fourth-order valence-electron chi connectivity index (χ4n) is 1.58. The fourth-order valence-corrected chi connectivity index (χ4v) is 1.58. The Morgan fingerprint density at radius 3 is 2.56 bits per heavy atom. The van der Waals surface area contributed by atoms with Crippen molar-refractivity contribution in [2.24, 2.45) is 0 Å². The monoisotopic (exact) mass is 253 g/mol. The second kappa shape index (κ2) is 4.17. The van der Waals surface area contributed by atoms with Crippen LogP contribution in [0.3, 0.4) is 0 Å². The molecule has 1 heterocycles. The van der Waals surface area contributed by atoms with Crippen LogP contribution in [0.2, 0.25) is 0 Å². The first-order valence-corrected chi connectivity index (χ1v) is 5.04. The molecule has 0 atom stereocenters. The van der Waals surface area contributed by atoms with Crippen LogP contribution in [0.1, 0.15) is 21.7 Å². The molecular formula is C11H9F2N3O2. The average Bonchev–Trinajstić information content (AvgIpc) is 2.67. The van der Waals surface area contributed by atoms with Crippen LogP contribution in [0.25, 0.3) is 5.69 Å². The number of benzene rings is 1. The van der Waals surface area contributed by atoms with E-state index in [2.05, 4.69) is 10.3 Å². The summed E-state index contributed by atoms with van der Waals surface area (Å²) in [5.74, 6) is -2.92. The predicted octanol–water partition coefficient (Wildman–Crippen LogP) is 1.86. The van der Waals surface area contributed by atoms with E-state index in [1.54, 1.807) is 0 Å². The predicted molar refractivity (Wildman–Crippen MR) is 57.7 cm³/mol. The van der Waals surface area contributed by atoms with Crippen molar-refractivity contribution in [1.29, 1.82) is 0 Å². The lowest BCUT2D eigenvalue weighted by molar-refractivity contribution is 0.0689. The highest BCUT2D eigenvalue weighted by Gasteiger charge is 2.21. The van der Waals surface area contributed by atoms with Crippen LogP contribution in [-0.4, -0.2) is 26.1 Å². The molecule has 0 aliphatic rings. The van der Waals surface area contributed by atoms with Crippen molar-refractivity contribution < 1.29 is 18.7 Å². The Morgan fingerprint density at radius 2 is 2.00 bits per heavy atom. The molecule has 0 fully saturated rings. The standard InChI is InChI=1S/C11H9F2N3O2/c1-5-3-4-7(12)10(8(5)13)16-6(2)9(11(17)18)14-15-16/h3-4H,1-2H3,(H,17,18). The van der Waals surface area contributed by atoms with Gasteiger partial charge in [0, 0.05) is 0 Å². The SMILES string of the molecule is Cc1ccc(F)c(-n2nnc(C(=O)O)c2C)c1F. The molecule has 0 saturated carbocycles.